The molecule has 0 spiro atoms. The van der Waals surface area contributed by atoms with Crippen LogP contribution in [0.15, 0.2) is 12.3 Å². The van der Waals surface area contributed by atoms with Crippen LogP contribution in [-0.4, -0.2) is 21.6 Å². The summed E-state index contributed by atoms with van der Waals surface area (Å²) in [5, 5.41) is 21.5. The number of hydrogen-bond donors (Lipinski definition) is 1. The molecule has 2 rings (SSSR count). The van der Waals surface area contributed by atoms with Gasteiger partial charge in [0.15, 0.2) is 0 Å². The number of alkyl halides is 3. The number of rotatable bonds is 3. The van der Waals surface area contributed by atoms with E-state index in [0.29, 0.717) is 0 Å². The van der Waals surface area contributed by atoms with E-state index >= 15 is 0 Å². The molecule has 1 aliphatic carbocycles. The van der Waals surface area contributed by atoms with Gasteiger partial charge in [0.05, 0.1) is 4.92 Å². The number of anilines is 1. The highest BCUT2D eigenvalue weighted by Crippen LogP contribution is 2.51. The van der Waals surface area contributed by atoms with Gasteiger partial charge in [-0.3, -0.25) is 10.1 Å². The molecule has 100 valence electrons. The van der Waals surface area contributed by atoms with E-state index in [1.165, 1.54) is 0 Å². The zero-order valence-electron chi connectivity index (χ0n) is 9.36. The van der Waals surface area contributed by atoms with Crippen LogP contribution in [0.25, 0.3) is 0 Å². The van der Waals surface area contributed by atoms with Gasteiger partial charge in [-0.15, -0.1) is 0 Å². The lowest BCUT2D eigenvalue weighted by Gasteiger charge is -2.21. The molecular formula is C10H7F3N4O2. The van der Waals surface area contributed by atoms with Gasteiger partial charge in [0, 0.05) is 6.07 Å². The van der Waals surface area contributed by atoms with E-state index < -0.39 is 22.3 Å². The van der Waals surface area contributed by atoms with E-state index in [1.54, 1.807) is 6.07 Å². The predicted octanol–water partition coefficient (Wildman–Crippen LogP) is 2.37. The number of halogens is 3. The summed E-state index contributed by atoms with van der Waals surface area (Å²) in [5.74, 6) is -0.289. The maximum absolute atomic E-state index is 12.7. The quantitative estimate of drug-likeness (QED) is 0.673. The lowest BCUT2D eigenvalue weighted by molar-refractivity contribution is -0.385. The van der Waals surface area contributed by atoms with E-state index in [1.807, 2.05) is 0 Å². The molecule has 1 heterocycles. The van der Waals surface area contributed by atoms with Crippen molar-refractivity contribution in [3.05, 3.63) is 27.9 Å². The Labute approximate surface area is 105 Å². The summed E-state index contributed by atoms with van der Waals surface area (Å²) in [6.45, 7) is 0. The molecule has 0 amide bonds. The first-order valence-electron chi connectivity index (χ1n) is 5.18. The van der Waals surface area contributed by atoms with Gasteiger partial charge in [0.25, 0.3) is 5.69 Å². The Kier molecular flexibility index (Phi) is 2.81. The van der Waals surface area contributed by atoms with Crippen molar-refractivity contribution in [1.82, 2.24) is 4.98 Å². The molecule has 19 heavy (non-hydrogen) atoms. The molecule has 1 aromatic rings. The summed E-state index contributed by atoms with van der Waals surface area (Å²) in [6.07, 6.45) is -3.86. The van der Waals surface area contributed by atoms with Gasteiger partial charge in [-0.1, -0.05) is 0 Å². The number of nitrogens with one attached hydrogen (secondary N) is 1. The SMILES string of the molecule is N#Cc1cc([N+](=O)[O-])cnc1NC1(C(F)(F)F)CC1. The number of nitro groups is 1. The highest BCUT2D eigenvalue weighted by molar-refractivity contribution is 5.57. The minimum atomic E-state index is -4.46. The Morgan fingerprint density at radius 1 is 1.53 bits per heavy atom. The number of aromatic nitrogens is 1. The first-order valence-corrected chi connectivity index (χ1v) is 5.18. The molecule has 1 saturated carbocycles. The van der Waals surface area contributed by atoms with Crippen molar-refractivity contribution in [2.45, 2.75) is 24.6 Å². The molecule has 0 atom stereocenters. The van der Waals surface area contributed by atoms with Gasteiger partial charge in [-0.25, -0.2) is 4.98 Å². The Morgan fingerprint density at radius 3 is 2.58 bits per heavy atom. The van der Waals surface area contributed by atoms with Gasteiger partial charge in [-0.05, 0) is 12.8 Å². The summed E-state index contributed by atoms with van der Waals surface area (Å²) in [7, 11) is 0. The highest BCUT2D eigenvalue weighted by atomic mass is 19.4. The average molecular weight is 272 g/mol. The van der Waals surface area contributed by atoms with Crippen LogP contribution in [-0.2, 0) is 0 Å². The first kappa shape index (κ1) is 13.1. The fraction of sp³-hybridized carbons (Fsp3) is 0.400. The van der Waals surface area contributed by atoms with Crippen molar-refractivity contribution >= 4 is 11.5 Å². The van der Waals surface area contributed by atoms with Gasteiger partial charge >= 0.3 is 6.18 Å². The third-order valence-electron chi connectivity index (χ3n) is 2.85. The van der Waals surface area contributed by atoms with Crippen molar-refractivity contribution < 1.29 is 18.1 Å². The van der Waals surface area contributed by atoms with Gasteiger partial charge in [0.2, 0.25) is 0 Å². The zero-order chi connectivity index (χ0) is 14.3. The normalized spacial score (nSPS) is 16.5. The summed E-state index contributed by atoms with van der Waals surface area (Å²) >= 11 is 0. The van der Waals surface area contributed by atoms with Gasteiger partial charge < -0.3 is 5.32 Å². The fourth-order valence-electron chi connectivity index (χ4n) is 1.57. The van der Waals surface area contributed by atoms with Crippen molar-refractivity contribution in [2.75, 3.05) is 5.32 Å². The molecule has 0 radical (unpaired) electrons. The lowest BCUT2D eigenvalue weighted by atomic mass is 10.2. The number of nitrogens with zero attached hydrogens (tertiary/aromatic N) is 3. The van der Waals surface area contributed by atoms with Crippen LogP contribution >= 0.6 is 0 Å². The minimum absolute atomic E-state index is 0.111. The van der Waals surface area contributed by atoms with Crippen LogP contribution in [0.3, 0.4) is 0 Å². The Hall–Kier alpha value is -2.37. The largest absolute Gasteiger partial charge is 0.411 e. The third-order valence-corrected chi connectivity index (χ3v) is 2.85. The topological polar surface area (TPSA) is 91.8 Å². The first-order chi connectivity index (χ1) is 8.79. The van der Waals surface area contributed by atoms with Crippen molar-refractivity contribution in [1.29, 1.82) is 5.26 Å². The second-order valence-corrected chi connectivity index (χ2v) is 4.16. The van der Waals surface area contributed by atoms with Crippen molar-refractivity contribution in [2.24, 2.45) is 0 Å². The second-order valence-electron chi connectivity index (χ2n) is 4.16. The van der Waals surface area contributed by atoms with E-state index in [2.05, 4.69) is 10.3 Å². The van der Waals surface area contributed by atoms with Crippen LogP contribution < -0.4 is 5.32 Å². The van der Waals surface area contributed by atoms with Gasteiger partial charge in [0.1, 0.15) is 29.2 Å². The van der Waals surface area contributed by atoms with Gasteiger partial charge in [-0.2, -0.15) is 18.4 Å². The number of hydrogen-bond acceptors (Lipinski definition) is 5. The number of nitriles is 1. The fourth-order valence-corrected chi connectivity index (χ4v) is 1.57. The standard InChI is InChI=1S/C10H7F3N4O2/c11-10(12,13)9(1-2-9)16-8-6(4-14)3-7(5-15-8)17(18)19/h3,5H,1-2H2,(H,15,16). The summed E-state index contributed by atoms with van der Waals surface area (Å²) in [6, 6.07) is 2.49. The Bertz CT molecular complexity index is 575. The van der Waals surface area contributed by atoms with E-state index in [9.17, 15) is 23.3 Å². The van der Waals surface area contributed by atoms with E-state index in [0.717, 1.165) is 12.3 Å². The molecular weight excluding hydrogens is 265 g/mol. The van der Waals surface area contributed by atoms with Crippen LogP contribution in [0, 0.1) is 21.4 Å². The molecule has 0 bridgehead atoms. The van der Waals surface area contributed by atoms with Crippen LogP contribution in [0.1, 0.15) is 18.4 Å². The Balaban J connectivity index is 2.32. The van der Waals surface area contributed by atoms with Crippen LogP contribution in [0.5, 0.6) is 0 Å². The maximum atomic E-state index is 12.7. The molecule has 0 aliphatic heterocycles. The summed E-state index contributed by atoms with van der Waals surface area (Å²) < 4.78 is 38.2. The average Bonchev–Trinajstić information content (AvgIpc) is 3.09. The number of pyridine rings is 1. The minimum Gasteiger partial charge on any atom is -0.355 e. The second kappa shape index (κ2) is 4.08. The Morgan fingerprint density at radius 2 is 2.16 bits per heavy atom. The molecule has 6 nitrogen and oxygen atoms in total. The highest BCUT2D eigenvalue weighted by Gasteiger charge is 2.63. The summed E-state index contributed by atoms with van der Waals surface area (Å²) in [5.41, 5.74) is -2.80. The molecule has 1 N–H and O–H groups in total. The molecule has 9 heteroatoms. The zero-order valence-corrected chi connectivity index (χ0v) is 9.36. The molecule has 0 unspecified atom stereocenters. The molecule has 0 saturated heterocycles. The van der Waals surface area contributed by atoms with Crippen LogP contribution in [0.4, 0.5) is 24.7 Å². The van der Waals surface area contributed by atoms with Crippen molar-refractivity contribution in [3.8, 4) is 6.07 Å². The van der Waals surface area contributed by atoms with E-state index in [-0.39, 0.29) is 24.2 Å². The molecule has 1 aliphatic rings. The van der Waals surface area contributed by atoms with E-state index in [4.69, 9.17) is 5.26 Å². The third kappa shape index (κ3) is 2.29. The molecule has 1 aromatic heterocycles. The molecule has 0 aromatic carbocycles. The van der Waals surface area contributed by atoms with Crippen LogP contribution in [0.2, 0.25) is 0 Å². The van der Waals surface area contributed by atoms with Crippen molar-refractivity contribution in [3.63, 3.8) is 0 Å². The smallest absolute Gasteiger partial charge is 0.355 e. The maximum Gasteiger partial charge on any atom is 0.411 e. The monoisotopic (exact) mass is 272 g/mol. The lowest BCUT2D eigenvalue weighted by Crippen LogP contribution is -2.39. The molecule has 1 fully saturated rings. The summed E-state index contributed by atoms with van der Waals surface area (Å²) in [4.78, 5) is 13.3. The predicted molar refractivity (Wildman–Crippen MR) is 57.2 cm³/mol.